The average Bonchev–Trinajstić information content (AvgIpc) is 3.34. The minimum Gasteiger partial charge on any atom is -0.444 e. The Kier molecular flexibility index (Phi) is 9.14. The largest absolute Gasteiger partial charge is 0.444 e. The molecule has 0 spiro atoms. The first kappa shape index (κ1) is 32.3. The maximum absolute atomic E-state index is 13.0. The normalized spacial score (nSPS) is 23.0. The summed E-state index contributed by atoms with van der Waals surface area (Å²) >= 11 is 0. The number of benzene rings is 2. The lowest BCUT2D eigenvalue weighted by molar-refractivity contribution is -0.121. The Hall–Kier alpha value is -4.08. The zero-order valence-electron chi connectivity index (χ0n) is 27.2. The number of amides is 4. The third-order valence-electron chi connectivity index (χ3n) is 8.37. The molecule has 1 saturated carbocycles. The first-order valence-electron chi connectivity index (χ1n) is 16.0. The van der Waals surface area contributed by atoms with Crippen molar-refractivity contribution < 1.29 is 28.7 Å². The number of anilines is 2. The highest BCUT2D eigenvalue weighted by Crippen LogP contribution is 2.54. The molecule has 5 rings (SSSR count). The molecular formula is C35H46N4O6. The molecule has 242 valence electrons. The number of carbonyl (C=O) groups is 4. The van der Waals surface area contributed by atoms with Crippen molar-refractivity contribution in [3.63, 3.8) is 0 Å². The van der Waals surface area contributed by atoms with Crippen LogP contribution in [-0.4, -0.2) is 70.2 Å². The standard InChI is InChI=1S/C35H46N4O6/c1-34(2,3)44-32(42)38-19-7-9-28(38)30(40)36-24-15-11-22(12-16-24)26-21-27(26)23-13-17-25(18-14-23)37-31(41)29-10-8-20-39(29)33(43)45-35(4,5)6/h11-18,26-29H,7-10,19-21H2,1-6H3,(H,36,40)(H,37,41)/t26-,27+,28-,29-/m0/s1. The summed E-state index contributed by atoms with van der Waals surface area (Å²) in [6, 6.07) is 14.8. The fourth-order valence-corrected chi connectivity index (χ4v) is 6.17. The van der Waals surface area contributed by atoms with Crippen molar-refractivity contribution in [3.05, 3.63) is 59.7 Å². The van der Waals surface area contributed by atoms with Gasteiger partial charge in [0, 0.05) is 24.5 Å². The summed E-state index contributed by atoms with van der Waals surface area (Å²) in [7, 11) is 0. The van der Waals surface area contributed by atoms with Crippen LogP contribution in [0.25, 0.3) is 0 Å². The van der Waals surface area contributed by atoms with Crippen molar-refractivity contribution in [2.24, 2.45) is 0 Å². The van der Waals surface area contributed by atoms with E-state index in [1.807, 2.05) is 90.1 Å². The molecule has 4 amide bonds. The van der Waals surface area contributed by atoms with E-state index in [9.17, 15) is 19.2 Å². The van der Waals surface area contributed by atoms with Gasteiger partial charge in [-0.05, 0) is 121 Å². The van der Waals surface area contributed by atoms with Gasteiger partial charge >= 0.3 is 12.2 Å². The number of nitrogens with one attached hydrogen (secondary N) is 2. The molecule has 0 radical (unpaired) electrons. The molecule has 2 N–H and O–H groups in total. The van der Waals surface area contributed by atoms with Crippen LogP contribution in [0.4, 0.5) is 21.0 Å². The van der Waals surface area contributed by atoms with E-state index >= 15 is 0 Å². The molecule has 2 saturated heterocycles. The van der Waals surface area contributed by atoms with Gasteiger partial charge in [0.1, 0.15) is 23.3 Å². The Balaban J connectivity index is 1.12. The van der Waals surface area contributed by atoms with Gasteiger partial charge in [-0.1, -0.05) is 24.3 Å². The monoisotopic (exact) mass is 618 g/mol. The van der Waals surface area contributed by atoms with Crippen molar-refractivity contribution >= 4 is 35.4 Å². The fraction of sp³-hybridized carbons (Fsp3) is 0.543. The Morgan fingerprint density at radius 1 is 0.622 bits per heavy atom. The highest BCUT2D eigenvalue weighted by Gasteiger charge is 2.40. The molecule has 0 unspecified atom stereocenters. The summed E-state index contributed by atoms with van der Waals surface area (Å²) in [6.45, 7) is 11.9. The number of carbonyl (C=O) groups excluding carboxylic acids is 4. The SMILES string of the molecule is CC(C)(C)OC(=O)N1CCC[C@H]1C(=O)Nc1ccc([C@H]2C[C@H]2c2ccc(NC(=O)[C@@H]3CCCN3C(=O)OC(C)(C)C)cc2)cc1. The minimum atomic E-state index is -0.614. The quantitative estimate of drug-likeness (QED) is 0.375. The van der Waals surface area contributed by atoms with Crippen LogP contribution in [0.2, 0.25) is 0 Å². The van der Waals surface area contributed by atoms with Gasteiger partial charge < -0.3 is 20.1 Å². The van der Waals surface area contributed by atoms with Gasteiger partial charge in [-0.3, -0.25) is 19.4 Å². The predicted octanol–water partition coefficient (Wildman–Crippen LogP) is 6.63. The molecule has 0 aromatic heterocycles. The lowest BCUT2D eigenvalue weighted by Crippen LogP contribution is -2.45. The van der Waals surface area contributed by atoms with Crippen molar-refractivity contribution in [3.8, 4) is 0 Å². The molecule has 1 aliphatic carbocycles. The number of nitrogens with zero attached hydrogens (tertiary/aromatic N) is 2. The van der Waals surface area contributed by atoms with Crippen LogP contribution in [-0.2, 0) is 19.1 Å². The second-order valence-corrected chi connectivity index (χ2v) is 14.3. The Labute approximate surface area is 265 Å². The molecule has 2 aliphatic heterocycles. The Morgan fingerprint density at radius 3 is 1.31 bits per heavy atom. The third-order valence-corrected chi connectivity index (χ3v) is 8.37. The molecule has 0 bridgehead atoms. The van der Waals surface area contributed by atoms with Gasteiger partial charge in [0.15, 0.2) is 0 Å². The zero-order chi connectivity index (χ0) is 32.5. The molecule has 3 aliphatic rings. The van der Waals surface area contributed by atoms with Gasteiger partial charge in [-0.15, -0.1) is 0 Å². The summed E-state index contributed by atoms with van der Waals surface area (Å²) in [5, 5.41) is 5.94. The van der Waals surface area contributed by atoms with Crippen LogP contribution in [0.5, 0.6) is 0 Å². The third kappa shape index (κ3) is 8.15. The van der Waals surface area contributed by atoms with Crippen molar-refractivity contribution in [2.75, 3.05) is 23.7 Å². The van der Waals surface area contributed by atoms with E-state index in [1.54, 1.807) is 0 Å². The Bertz CT molecular complexity index is 1300. The smallest absolute Gasteiger partial charge is 0.410 e. The van der Waals surface area contributed by atoms with Crippen molar-refractivity contribution in [2.45, 2.75) is 109 Å². The molecule has 10 nitrogen and oxygen atoms in total. The lowest BCUT2D eigenvalue weighted by Gasteiger charge is -2.28. The molecule has 10 heteroatoms. The maximum atomic E-state index is 13.0. The zero-order valence-corrected chi connectivity index (χ0v) is 27.2. The van der Waals surface area contributed by atoms with Crippen molar-refractivity contribution in [1.82, 2.24) is 9.80 Å². The molecular weight excluding hydrogens is 572 g/mol. The second kappa shape index (κ2) is 12.7. The molecule has 2 aromatic rings. The summed E-state index contributed by atoms with van der Waals surface area (Å²) in [5.74, 6) is 0.364. The minimum absolute atomic E-state index is 0.201. The molecule has 3 fully saturated rings. The van der Waals surface area contributed by atoms with Crippen LogP contribution in [0.3, 0.4) is 0 Å². The molecule has 2 aromatic carbocycles. The van der Waals surface area contributed by atoms with Gasteiger partial charge in [0.2, 0.25) is 11.8 Å². The van der Waals surface area contributed by atoms with E-state index in [0.29, 0.717) is 49.1 Å². The van der Waals surface area contributed by atoms with E-state index in [4.69, 9.17) is 9.47 Å². The van der Waals surface area contributed by atoms with E-state index in [2.05, 4.69) is 10.6 Å². The number of rotatable bonds is 6. The van der Waals surface area contributed by atoms with Crippen LogP contribution >= 0.6 is 0 Å². The summed E-state index contributed by atoms with van der Waals surface area (Å²) in [4.78, 5) is 54.2. The average molecular weight is 619 g/mol. The molecule has 45 heavy (non-hydrogen) atoms. The molecule has 2 heterocycles. The first-order valence-corrected chi connectivity index (χ1v) is 16.0. The topological polar surface area (TPSA) is 117 Å². The Morgan fingerprint density at radius 2 is 0.978 bits per heavy atom. The predicted molar refractivity (Wildman–Crippen MR) is 172 cm³/mol. The first-order chi connectivity index (χ1) is 21.2. The van der Waals surface area contributed by atoms with Gasteiger partial charge in [-0.2, -0.15) is 0 Å². The van der Waals surface area contributed by atoms with Crippen LogP contribution in [0.15, 0.2) is 48.5 Å². The lowest BCUT2D eigenvalue weighted by atomic mass is 10.0. The second-order valence-electron chi connectivity index (χ2n) is 14.3. The van der Waals surface area contributed by atoms with Gasteiger partial charge in [0.05, 0.1) is 0 Å². The summed E-state index contributed by atoms with van der Waals surface area (Å²) in [5.41, 5.74) is 2.58. The highest BCUT2D eigenvalue weighted by atomic mass is 16.6. The number of hydrogen-bond donors (Lipinski definition) is 2. The highest BCUT2D eigenvalue weighted by molar-refractivity contribution is 5.97. The van der Waals surface area contributed by atoms with E-state index in [0.717, 1.165) is 19.3 Å². The number of ether oxygens (including phenoxy) is 2. The van der Waals surface area contributed by atoms with Crippen LogP contribution in [0, 0.1) is 0 Å². The summed E-state index contributed by atoms with van der Waals surface area (Å²) in [6.07, 6.45) is 2.87. The van der Waals surface area contributed by atoms with E-state index in [1.165, 1.54) is 20.9 Å². The van der Waals surface area contributed by atoms with Gasteiger partial charge in [-0.25, -0.2) is 9.59 Å². The number of likely N-dealkylation sites (tertiary alicyclic amines) is 2. The molecule has 4 atom stereocenters. The van der Waals surface area contributed by atoms with E-state index < -0.39 is 35.5 Å². The van der Waals surface area contributed by atoms with Gasteiger partial charge in [0.25, 0.3) is 0 Å². The van der Waals surface area contributed by atoms with Crippen LogP contribution < -0.4 is 10.6 Å². The van der Waals surface area contributed by atoms with E-state index in [-0.39, 0.29) is 11.8 Å². The fourth-order valence-electron chi connectivity index (χ4n) is 6.17. The van der Waals surface area contributed by atoms with Crippen molar-refractivity contribution in [1.29, 1.82) is 0 Å². The number of hydrogen-bond acceptors (Lipinski definition) is 6. The van der Waals surface area contributed by atoms with Crippen LogP contribution in [0.1, 0.15) is 96.6 Å². The maximum Gasteiger partial charge on any atom is 0.410 e. The summed E-state index contributed by atoms with van der Waals surface area (Å²) < 4.78 is 11.0.